The summed E-state index contributed by atoms with van der Waals surface area (Å²) >= 11 is 0. The average Bonchev–Trinajstić information content (AvgIpc) is 3.70. The molecule has 2 aliphatic heterocycles. The second-order valence-electron chi connectivity index (χ2n) is 15.8. The number of para-hydroxylation sites is 1. The van der Waals surface area contributed by atoms with Gasteiger partial charge in [-0.3, -0.25) is 19.4 Å². The van der Waals surface area contributed by atoms with Crippen molar-refractivity contribution in [1.82, 2.24) is 29.5 Å². The van der Waals surface area contributed by atoms with Crippen molar-refractivity contribution in [3.05, 3.63) is 200 Å². The van der Waals surface area contributed by atoms with Crippen LogP contribution in [0.15, 0.2) is 200 Å². The predicted molar refractivity (Wildman–Crippen MR) is 252 cm³/mol. The zero-order chi connectivity index (χ0) is 42.1. The lowest BCUT2D eigenvalue weighted by molar-refractivity contribution is 0.446. The molecule has 4 aromatic heterocycles. The van der Waals surface area contributed by atoms with Crippen molar-refractivity contribution in [2.45, 2.75) is 0 Å². The van der Waals surface area contributed by atoms with E-state index in [4.69, 9.17) is 24.4 Å². The maximum atomic E-state index is 6.89. The third-order valence-corrected chi connectivity index (χ3v) is 11.9. The molecule has 7 aromatic carbocycles. The number of hydrogen-bond acceptors (Lipinski definition) is 8. The molecule has 0 bridgehead atoms. The van der Waals surface area contributed by atoms with Gasteiger partial charge in [0, 0.05) is 45.4 Å². The van der Waals surface area contributed by atoms with Gasteiger partial charge in [-0.2, -0.15) is 9.97 Å². The first kappa shape index (κ1) is 35.8. The third kappa shape index (κ3) is 5.83. The third-order valence-electron chi connectivity index (χ3n) is 11.9. The van der Waals surface area contributed by atoms with E-state index in [1.165, 1.54) is 0 Å². The van der Waals surface area contributed by atoms with Gasteiger partial charge in [-0.15, -0.1) is 0 Å². The molecule has 0 aliphatic carbocycles. The molecular formula is C55H33N7O2. The molecule has 0 saturated carbocycles. The number of nitrogens with zero attached hydrogens (tertiary/aromatic N) is 7. The van der Waals surface area contributed by atoms with E-state index in [0.29, 0.717) is 29.1 Å². The molecule has 6 heterocycles. The minimum atomic E-state index is 0.541. The van der Waals surface area contributed by atoms with Crippen LogP contribution in [0.3, 0.4) is 0 Å². The molecule has 300 valence electrons. The fraction of sp³-hybridized carbons (Fsp3) is 0. The number of aromatic nitrogens is 6. The van der Waals surface area contributed by atoms with E-state index in [9.17, 15) is 0 Å². The predicted octanol–water partition coefficient (Wildman–Crippen LogP) is 13.8. The number of anilines is 3. The molecule has 0 saturated heterocycles. The molecule has 0 radical (unpaired) electrons. The molecule has 0 unspecified atom stereocenters. The normalized spacial score (nSPS) is 12.3. The summed E-state index contributed by atoms with van der Waals surface area (Å²) < 4.78 is 15.9. The van der Waals surface area contributed by atoms with Gasteiger partial charge in [0.05, 0.1) is 33.8 Å². The lowest BCUT2D eigenvalue weighted by Gasteiger charge is -2.38. The largest absolute Gasteiger partial charge is 0.453 e. The fourth-order valence-electron chi connectivity index (χ4n) is 8.94. The molecule has 9 nitrogen and oxygen atoms in total. The maximum absolute atomic E-state index is 6.89. The van der Waals surface area contributed by atoms with Gasteiger partial charge in [0.25, 0.3) is 0 Å². The zero-order valence-electron chi connectivity index (χ0n) is 34.0. The van der Waals surface area contributed by atoms with Crippen LogP contribution >= 0.6 is 0 Å². The molecule has 0 spiro atoms. The van der Waals surface area contributed by atoms with Gasteiger partial charge in [-0.1, -0.05) is 109 Å². The molecule has 0 atom stereocenters. The molecule has 64 heavy (non-hydrogen) atoms. The molecule has 0 fully saturated rings. The first-order valence-electron chi connectivity index (χ1n) is 21.1. The van der Waals surface area contributed by atoms with Crippen molar-refractivity contribution in [2.24, 2.45) is 0 Å². The van der Waals surface area contributed by atoms with Crippen molar-refractivity contribution in [1.29, 1.82) is 0 Å². The van der Waals surface area contributed by atoms with Crippen molar-refractivity contribution in [2.75, 3.05) is 4.90 Å². The molecule has 11 aromatic rings. The van der Waals surface area contributed by atoms with Crippen molar-refractivity contribution in [3.8, 4) is 85.4 Å². The van der Waals surface area contributed by atoms with E-state index in [1.807, 2.05) is 109 Å². The number of rotatable bonds is 6. The second-order valence-corrected chi connectivity index (χ2v) is 15.8. The number of fused-ring (bicyclic) bond motifs is 7. The van der Waals surface area contributed by atoms with Crippen LogP contribution in [0.4, 0.5) is 17.1 Å². The standard InChI is InChI=1S/C55H33N7O2/c1-3-13-34(14-4-1)53-58-54(35-15-5-2-6-16-35)60-55(59-53)62-44-20-8-7-17-40(44)41-29-36(21-24-45(41)62)39-32-50-52-51(33-39)64-49-31-38(43-19-10-12-28-57-43)23-26-47(49)61(52)46-25-22-37(30-48(46)63-50)42-18-9-11-27-56-42/h1-33H. The number of benzene rings is 7. The summed E-state index contributed by atoms with van der Waals surface area (Å²) in [4.78, 5) is 26.7. The Morgan fingerprint density at radius 2 is 0.875 bits per heavy atom. The smallest absolute Gasteiger partial charge is 0.238 e. The van der Waals surface area contributed by atoms with Crippen LogP contribution in [0.1, 0.15) is 0 Å². The van der Waals surface area contributed by atoms with Gasteiger partial charge in [0.15, 0.2) is 34.6 Å². The van der Waals surface area contributed by atoms with E-state index >= 15 is 0 Å². The molecule has 9 heteroatoms. The Kier molecular flexibility index (Phi) is 8.01. The summed E-state index contributed by atoms with van der Waals surface area (Å²) in [6, 6.07) is 63.7. The highest BCUT2D eigenvalue weighted by atomic mass is 16.5. The van der Waals surface area contributed by atoms with Gasteiger partial charge in [-0.05, 0) is 90.0 Å². The Bertz CT molecular complexity index is 3450. The Hall–Kier alpha value is -8.95. The number of hydrogen-bond donors (Lipinski definition) is 0. The Morgan fingerprint density at radius 3 is 1.45 bits per heavy atom. The van der Waals surface area contributed by atoms with Gasteiger partial charge in [-0.25, -0.2) is 4.98 Å². The molecular weight excluding hydrogens is 791 g/mol. The lowest BCUT2D eigenvalue weighted by Crippen LogP contribution is -2.20. The SMILES string of the molecule is c1ccc(-c2nc(-c3ccccc3)nc(-n3c4ccccc4c4cc(-c5cc6c7c(c5)Oc5cc(-c8ccccn8)ccc5N7c5ccc(-c7ccccn7)cc5O6)ccc43)n2)cc1. The van der Waals surface area contributed by atoms with E-state index in [2.05, 4.69) is 110 Å². The Labute approximate surface area is 367 Å². The van der Waals surface area contributed by atoms with E-state index < -0.39 is 0 Å². The highest BCUT2D eigenvalue weighted by Crippen LogP contribution is 2.61. The van der Waals surface area contributed by atoms with Crippen LogP contribution in [0.25, 0.3) is 84.2 Å². The zero-order valence-corrected chi connectivity index (χ0v) is 34.0. The summed E-state index contributed by atoms with van der Waals surface area (Å²) in [6.07, 6.45) is 3.62. The minimum absolute atomic E-state index is 0.541. The van der Waals surface area contributed by atoms with Crippen LogP contribution in [0.2, 0.25) is 0 Å². The maximum Gasteiger partial charge on any atom is 0.238 e. The van der Waals surface area contributed by atoms with Gasteiger partial charge < -0.3 is 9.47 Å². The topological polar surface area (TPSA) is 91.1 Å². The lowest BCUT2D eigenvalue weighted by atomic mass is 9.98. The Morgan fingerprint density at radius 1 is 0.359 bits per heavy atom. The van der Waals surface area contributed by atoms with Gasteiger partial charge >= 0.3 is 0 Å². The summed E-state index contributed by atoms with van der Waals surface area (Å²) in [5.41, 5.74) is 12.1. The average molecular weight is 824 g/mol. The Balaban J connectivity index is 0.979. The molecule has 0 amide bonds. The molecule has 2 aliphatic rings. The van der Waals surface area contributed by atoms with Crippen LogP contribution in [-0.2, 0) is 0 Å². The summed E-state index contributed by atoms with van der Waals surface area (Å²) in [5, 5.41) is 2.13. The first-order valence-corrected chi connectivity index (χ1v) is 21.1. The highest BCUT2D eigenvalue weighted by molar-refractivity contribution is 6.10. The quantitative estimate of drug-likeness (QED) is 0.164. The van der Waals surface area contributed by atoms with Crippen molar-refractivity contribution < 1.29 is 9.47 Å². The van der Waals surface area contributed by atoms with Crippen LogP contribution in [0.5, 0.6) is 23.0 Å². The second kappa shape index (κ2) is 14.3. The van der Waals surface area contributed by atoms with E-state index in [0.717, 1.165) is 95.1 Å². The first-order chi connectivity index (χ1) is 31.7. The van der Waals surface area contributed by atoms with Gasteiger partial charge in [0.1, 0.15) is 5.69 Å². The van der Waals surface area contributed by atoms with Crippen molar-refractivity contribution >= 4 is 38.9 Å². The van der Waals surface area contributed by atoms with E-state index in [1.54, 1.807) is 0 Å². The summed E-state index contributed by atoms with van der Waals surface area (Å²) in [6.45, 7) is 0. The monoisotopic (exact) mass is 823 g/mol. The summed E-state index contributed by atoms with van der Waals surface area (Å²) in [5.74, 6) is 4.57. The van der Waals surface area contributed by atoms with E-state index in [-0.39, 0.29) is 0 Å². The highest BCUT2D eigenvalue weighted by Gasteiger charge is 2.36. The van der Waals surface area contributed by atoms with Crippen LogP contribution in [0, 0.1) is 0 Å². The van der Waals surface area contributed by atoms with Gasteiger partial charge in [0.2, 0.25) is 5.95 Å². The number of ether oxygens (including phenoxy) is 2. The molecule has 13 rings (SSSR count). The summed E-state index contributed by atoms with van der Waals surface area (Å²) in [7, 11) is 0. The van der Waals surface area contributed by atoms with Crippen molar-refractivity contribution in [3.63, 3.8) is 0 Å². The minimum Gasteiger partial charge on any atom is -0.453 e. The molecule has 0 N–H and O–H groups in total. The fourth-order valence-corrected chi connectivity index (χ4v) is 8.94. The van der Waals surface area contributed by atoms with Crippen LogP contribution in [-0.4, -0.2) is 29.5 Å². The van der Waals surface area contributed by atoms with Crippen LogP contribution < -0.4 is 14.4 Å². The number of pyridine rings is 2.